The number of halogens is 2. The van der Waals surface area contributed by atoms with Crippen LogP contribution in [0.1, 0.15) is 24.2 Å². The first-order valence-electron chi connectivity index (χ1n) is 6.39. The highest BCUT2D eigenvalue weighted by Gasteiger charge is 2.21. The van der Waals surface area contributed by atoms with Crippen LogP contribution >= 0.6 is 35.0 Å². The summed E-state index contributed by atoms with van der Waals surface area (Å²) in [7, 11) is 0. The Kier molecular flexibility index (Phi) is 5.73. The molecular weight excluding hydrogens is 311 g/mol. The molecule has 2 unspecified atom stereocenters. The number of nitrogens with zero attached hydrogens (tertiary/aromatic N) is 1. The monoisotopic (exact) mass is 326 g/mol. The number of rotatable bonds is 5. The van der Waals surface area contributed by atoms with Gasteiger partial charge in [0, 0.05) is 28.4 Å². The van der Waals surface area contributed by atoms with Crippen molar-refractivity contribution in [1.29, 1.82) is 0 Å². The molecule has 2 aromatic rings. The Hall–Kier alpha value is -0.740. The van der Waals surface area contributed by atoms with Crippen LogP contribution in [-0.2, 0) is 0 Å². The van der Waals surface area contributed by atoms with Crippen LogP contribution in [0.15, 0.2) is 47.6 Å². The Morgan fingerprint density at radius 1 is 1.30 bits per heavy atom. The van der Waals surface area contributed by atoms with E-state index in [1.807, 2.05) is 30.5 Å². The molecule has 0 bridgehead atoms. The van der Waals surface area contributed by atoms with Crippen molar-refractivity contribution < 1.29 is 0 Å². The van der Waals surface area contributed by atoms with Gasteiger partial charge >= 0.3 is 0 Å². The lowest BCUT2D eigenvalue weighted by Crippen LogP contribution is -2.25. The molecule has 5 heteroatoms. The molecule has 0 aliphatic heterocycles. The molecule has 0 saturated carbocycles. The van der Waals surface area contributed by atoms with Crippen molar-refractivity contribution in [2.24, 2.45) is 5.73 Å². The molecule has 1 heterocycles. The van der Waals surface area contributed by atoms with Gasteiger partial charge in [-0.15, -0.1) is 11.8 Å². The van der Waals surface area contributed by atoms with Gasteiger partial charge in [-0.1, -0.05) is 36.2 Å². The van der Waals surface area contributed by atoms with Crippen molar-refractivity contribution >= 4 is 35.0 Å². The highest BCUT2D eigenvalue weighted by atomic mass is 35.5. The molecule has 0 aliphatic rings. The van der Waals surface area contributed by atoms with Gasteiger partial charge < -0.3 is 5.73 Å². The summed E-state index contributed by atoms with van der Waals surface area (Å²) in [6.45, 7) is 2.08. The highest BCUT2D eigenvalue weighted by Crippen LogP contribution is 2.41. The lowest BCUT2D eigenvalue weighted by molar-refractivity contribution is 0.633. The van der Waals surface area contributed by atoms with Crippen molar-refractivity contribution in [1.82, 2.24) is 4.98 Å². The summed E-state index contributed by atoms with van der Waals surface area (Å²) in [5, 5.41) is 1.47. The van der Waals surface area contributed by atoms with Crippen LogP contribution in [0.3, 0.4) is 0 Å². The molecule has 20 heavy (non-hydrogen) atoms. The molecule has 2 rings (SSSR count). The van der Waals surface area contributed by atoms with Crippen molar-refractivity contribution in [2.45, 2.75) is 29.5 Å². The fourth-order valence-electron chi connectivity index (χ4n) is 1.87. The number of aromatic nitrogens is 1. The summed E-state index contributed by atoms with van der Waals surface area (Å²) < 4.78 is 0. The molecule has 2 atom stereocenters. The van der Waals surface area contributed by atoms with Crippen LogP contribution in [0.2, 0.25) is 10.0 Å². The summed E-state index contributed by atoms with van der Waals surface area (Å²) in [5.41, 5.74) is 7.36. The molecule has 106 valence electrons. The second kappa shape index (κ2) is 7.32. The molecule has 0 radical (unpaired) electrons. The van der Waals surface area contributed by atoms with E-state index in [0.717, 1.165) is 16.9 Å². The smallest absolute Gasteiger partial charge is 0.0543 e. The van der Waals surface area contributed by atoms with Gasteiger partial charge in [-0.3, -0.25) is 4.98 Å². The molecule has 2 nitrogen and oxygen atoms in total. The largest absolute Gasteiger partial charge is 0.326 e. The fraction of sp³-hybridized carbons (Fsp3) is 0.267. The molecular formula is C15H16Cl2N2S. The molecule has 0 amide bonds. The van der Waals surface area contributed by atoms with E-state index in [2.05, 4.69) is 11.9 Å². The van der Waals surface area contributed by atoms with Crippen LogP contribution in [0, 0.1) is 0 Å². The van der Waals surface area contributed by atoms with Gasteiger partial charge in [0.1, 0.15) is 0 Å². The van der Waals surface area contributed by atoms with Crippen LogP contribution < -0.4 is 5.73 Å². The minimum absolute atomic E-state index is 0.0271. The molecule has 0 saturated heterocycles. The Bertz CT molecular complexity index is 563. The average molecular weight is 327 g/mol. The van der Waals surface area contributed by atoms with Crippen molar-refractivity contribution in [3.8, 4) is 0 Å². The first-order chi connectivity index (χ1) is 9.61. The zero-order chi connectivity index (χ0) is 14.5. The van der Waals surface area contributed by atoms with Gasteiger partial charge in [-0.05, 0) is 36.2 Å². The number of nitrogens with two attached hydrogens (primary N) is 1. The van der Waals surface area contributed by atoms with E-state index in [1.54, 1.807) is 24.0 Å². The van der Waals surface area contributed by atoms with Crippen molar-refractivity contribution in [2.75, 3.05) is 0 Å². The van der Waals surface area contributed by atoms with E-state index >= 15 is 0 Å². The molecule has 0 spiro atoms. The fourth-order valence-corrected chi connectivity index (χ4v) is 3.65. The summed E-state index contributed by atoms with van der Waals surface area (Å²) in [6, 6.07) is 9.46. The second-order valence-corrected chi connectivity index (χ2v) is 6.50. The molecule has 0 aliphatic carbocycles. The van der Waals surface area contributed by atoms with Crippen LogP contribution in [0.25, 0.3) is 0 Å². The highest BCUT2D eigenvalue weighted by molar-refractivity contribution is 7.99. The van der Waals surface area contributed by atoms with E-state index in [4.69, 9.17) is 28.9 Å². The first-order valence-corrected chi connectivity index (χ1v) is 8.02. The zero-order valence-corrected chi connectivity index (χ0v) is 13.4. The lowest BCUT2D eigenvalue weighted by Gasteiger charge is -2.23. The van der Waals surface area contributed by atoms with Crippen LogP contribution in [0.5, 0.6) is 0 Å². The zero-order valence-electron chi connectivity index (χ0n) is 11.1. The van der Waals surface area contributed by atoms with E-state index in [1.165, 1.54) is 0 Å². The topological polar surface area (TPSA) is 38.9 Å². The van der Waals surface area contributed by atoms with Crippen molar-refractivity contribution in [3.63, 3.8) is 0 Å². The third kappa shape index (κ3) is 3.89. The molecule has 1 aromatic heterocycles. The van der Waals surface area contributed by atoms with E-state index in [9.17, 15) is 0 Å². The number of thioether (sulfide) groups is 1. The maximum Gasteiger partial charge on any atom is 0.0543 e. The summed E-state index contributed by atoms with van der Waals surface area (Å²) in [6.07, 6.45) is 4.49. The summed E-state index contributed by atoms with van der Waals surface area (Å²) >= 11 is 13.9. The first kappa shape index (κ1) is 15.6. The van der Waals surface area contributed by atoms with E-state index in [0.29, 0.717) is 10.0 Å². The third-order valence-corrected chi connectivity index (χ3v) is 5.16. The SMILES string of the molecule is CCC(N)C(Sc1cc(Cl)ccc1Cl)c1cccnc1. The Morgan fingerprint density at radius 2 is 2.10 bits per heavy atom. The van der Waals surface area contributed by atoms with Crippen LogP contribution in [0.4, 0.5) is 0 Å². The number of hydrogen-bond donors (Lipinski definition) is 1. The van der Waals surface area contributed by atoms with Gasteiger partial charge in [0.25, 0.3) is 0 Å². The predicted molar refractivity (Wildman–Crippen MR) is 87.6 cm³/mol. The minimum Gasteiger partial charge on any atom is -0.326 e. The molecule has 1 aromatic carbocycles. The van der Waals surface area contributed by atoms with Gasteiger partial charge in [-0.25, -0.2) is 0 Å². The maximum absolute atomic E-state index is 6.26. The predicted octanol–water partition coefficient (Wildman–Crippen LogP) is 4.96. The van der Waals surface area contributed by atoms with Gasteiger partial charge in [0.2, 0.25) is 0 Å². The van der Waals surface area contributed by atoms with Gasteiger partial charge in [-0.2, -0.15) is 0 Å². The third-order valence-electron chi connectivity index (χ3n) is 3.02. The normalized spacial score (nSPS) is 14.0. The quantitative estimate of drug-likeness (QED) is 0.789. The summed E-state index contributed by atoms with van der Waals surface area (Å²) in [4.78, 5) is 5.12. The second-order valence-electron chi connectivity index (χ2n) is 4.47. The van der Waals surface area contributed by atoms with Crippen LogP contribution in [-0.4, -0.2) is 11.0 Å². The summed E-state index contributed by atoms with van der Waals surface area (Å²) in [5.74, 6) is 0. The molecule has 2 N–H and O–H groups in total. The Labute approximate surface area is 133 Å². The Balaban J connectivity index is 2.31. The standard InChI is InChI=1S/C15H16Cl2N2S/c1-2-13(18)15(10-4-3-7-19-9-10)20-14-8-11(16)5-6-12(14)17/h3-9,13,15H,2,18H2,1H3. The van der Waals surface area contributed by atoms with E-state index in [-0.39, 0.29) is 11.3 Å². The number of hydrogen-bond acceptors (Lipinski definition) is 3. The average Bonchev–Trinajstić information content (AvgIpc) is 2.48. The number of pyridine rings is 1. The van der Waals surface area contributed by atoms with E-state index < -0.39 is 0 Å². The minimum atomic E-state index is 0.0271. The molecule has 0 fully saturated rings. The number of benzene rings is 1. The van der Waals surface area contributed by atoms with Crippen molar-refractivity contribution in [3.05, 3.63) is 58.3 Å². The maximum atomic E-state index is 6.26. The Morgan fingerprint density at radius 3 is 2.75 bits per heavy atom. The van der Waals surface area contributed by atoms with Gasteiger partial charge in [0.05, 0.1) is 10.3 Å². The van der Waals surface area contributed by atoms with Gasteiger partial charge in [0.15, 0.2) is 0 Å². The lowest BCUT2D eigenvalue weighted by atomic mass is 10.1.